The Labute approximate surface area is 149 Å². The van der Waals surface area contributed by atoms with Crippen molar-refractivity contribution in [3.63, 3.8) is 0 Å². The van der Waals surface area contributed by atoms with Crippen molar-refractivity contribution in [3.8, 4) is 6.07 Å². The molecule has 2 rings (SSSR count). The van der Waals surface area contributed by atoms with Crippen LogP contribution in [0.2, 0.25) is 0 Å². The first-order chi connectivity index (χ1) is 11.7. The van der Waals surface area contributed by atoms with Gasteiger partial charge in [-0.15, -0.1) is 0 Å². The van der Waals surface area contributed by atoms with Crippen LogP contribution in [-0.4, -0.2) is 29.7 Å². The molecule has 5 nitrogen and oxygen atoms in total. The number of benzene rings is 1. The summed E-state index contributed by atoms with van der Waals surface area (Å²) in [6.45, 7) is 0.480. The number of hydrogen-bond donors (Lipinski definition) is 2. The van der Waals surface area contributed by atoms with E-state index in [1.165, 1.54) is 6.08 Å². The summed E-state index contributed by atoms with van der Waals surface area (Å²) in [4.78, 5) is 16.2. The molecule has 2 aromatic rings. The maximum Gasteiger partial charge on any atom is 0.262 e. The summed E-state index contributed by atoms with van der Waals surface area (Å²) in [7, 11) is 1.00. The van der Waals surface area contributed by atoms with Crippen molar-refractivity contribution in [1.82, 2.24) is 10.3 Å². The highest BCUT2D eigenvalue weighted by Gasteiger charge is 2.08. The van der Waals surface area contributed by atoms with Crippen LogP contribution in [0.3, 0.4) is 0 Å². The van der Waals surface area contributed by atoms with Crippen LogP contribution in [0, 0.1) is 11.3 Å². The average Bonchev–Trinajstić information content (AvgIpc) is 2.62. The van der Waals surface area contributed by atoms with Gasteiger partial charge in [0.05, 0.1) is 5.69 Å². The Morgan fingerprint density at radius 1 is 1.25 bits per heavy atom. The first-order valence-corrected chi connectivity index (χ1v) is 7.99. The van der Waals surface area contributed by atoms with E-state index in [0.29, 0.717) is 16.8 Å². The monoisotopic (exact) mass is 387 g/mol. The standard InChI is InChI=1S/C17H14BrN3O.CH4O/c18-16-8-4-7-15(21-16)11-14(12-19)17(22)20-10-9-13-5-2-1-3-6-13;1-2/h1-8,11H,9-10H2,(H,20,22);2H,1H3/b14-11+;. The van der Waals surface area contributed by atoms with E-state index in [1.54, 1.807) is 18.2 Å². The summed E-state index contributed by atoms with van der Waals surface area (Å²) < 4.78 is 0.656. The third kappa shape index (κ3) is 6.73. The normalized spacial score (nSPS) is 10.2. The van der Waals surface area contributed by atoms with Crippen molar-refractivity contribution in [1.29, 1.82) is 5.26 Å². The van der Waals surface area contributed by atoms with Crippen LogP contribution in [-0.2, 0) is 11.2 Å². The minimum absolute atomic E-state index is 0.0404. The Kier molecular flexibility index (Phi) is 9.05. The van der Waals surface area contributed by atoms with E-state index >= 15 is 0 Å². The lowest BCUT2D eigenvalue weighted by atomic mass is 10.1. The molecule has 0 radical (unpaired) electrons. The number of nitriles is 1. The van der Waals surface area contributed by atoms with Gasteiger partial charge < -0.3 is 10.4 Å². The maximum absolute atomic E-state index is 12.0. The van der Waals surface area contributed by atoms with E-state index in [-0.39, 0.29) is 11.5 Å². The van der Waals surface area contributed by atoms with Gasteiger partial charge in [-0.3, -0.25) is 4.79 Å². The van der Waals surface area contributed by atoms with Gasteiger partial charge in [-0.05, 0) is 46.1 Å². The summed E-state index contributed by atoms with van der Waals surface area (Å²) in [6.07, 6.45) is 2.20. The largest absolute Gasteiger partial charge is 0.400 e. The van der Waals surface area contributed by atoms with E-state index in [9.17, 15) is 4.79 Å². The van der Waals surface area contributed by atoms with Crippen LogP contribution >= 0.6 is 15.9 Å². The number of aliphatic hydroxyl groups excluding tert-OH is 1. The summed E-state index contributed by atoms with van der Waals surface area (Å²) in [5.41, 5.74) is 1.74. The molecule has 0 aliphatic heterocycles. The molecule has 24 heavy (non-hydrogen) atoms. The zero-order valence-corrected chi connectivity index (χ0v) is 14.8. The van der Waals surface area contributed by atoms with Gasteiger partial charge in [-0.2, -0.15) is 5.26 Å². The predicted molar refractivity (Wildman–Crippen MR) is 96.8 cm³/mol. The minimum atomic E-state index is -0.389. The Hall–Kier alpha value is -2.49. The molecule has 0 aliphatic rings. The van der Waals surface area contributed by atoms with Crippen LogP contribution in [0.5, 0.6) is 0 Å². The summed E-state index contributed by atoms with van der Waals surface area (Å²) >= 11 is 3.25. The highest BCUT2D eigenvalue weighted by molar-refractivity contribution is 9.10. The number of aliphatic hydroxyl groups is 1. The lowest BCUT2D eigenvalue weighted by Crippen LogP contribution is -2.26. The van der Waals surface area contributed by atoms with Crippen molar-refractivity contribution >= 4 is 27.9 Å². The van der Waals surface area contributed by atoms with Crippen molar-refractivity contribution < 1.29 is 9.90 Å². The summed E-state index contributed by atoms with van der Waals surface area (Å²) in [5.74, 6) is -0.389. The molecule has 6 heteroatoms. The van der Waals surface area contributed by atoms with Crippen molar-refractivity contribution in [3.05, 3.63) is 70.0 Å². The lowest BCUT2D eigenvalue weighted by molar-refractivity contribution is -0.117. The van der Waals surface area contributed by atoms with Crippen LogP contribution in [0.15, 0.2) is 58.7 Å². The Balaban J connectivity index is 0.00000139. The molecule has 1 heterocycles. The number of nitrogens with one attached hydrogen (secondary N) is 1. The Bertz CT molecular complexity index is 725. The molecule has 124 valence electrons. The smallest absolute Gasteiger partial charge is 0.262 e. The molecule has 0 saturated heterocycles. The first-order valence-electron chi connectivity index (χ1n) is 7.20. The van der Waals surface area contributed by atoms with Gasteiger partial charge in [0.25, 0.3) is 5.91 Å². The number of hydrogen-bond acceptors (Lipinski definition) is 4. The third-order valence-electron chi connectivity index (χ3n) is 2.94. The highest BCUT2D eigenvalue weighted by Crippen LogP contribution is 2.09. The molecule has 1 aromatic heterocycles. The summed E-state index contributed by atoms with van der Waals surface area (Å²) in [6, 6.07) is 17.1. The fraction of sp³-hybridized carbons (Fsp3) is 0.167. The van der Waals surface area contributed by atoms with Crippen molar-refractivity contribution in [2.24, 2.45) is 0 Å². The number of amides is 1. The Morgan fingerprint density at radius 2 is 1.96 bits per heavy atom. The number of aromatic nitrogens is 1. The highest BCUT2D eigenvalue weighted by atomic mass is 79.9. The molecule has 0 aliphatic carbocycles. The van der Waals surface area contributed by atoms with Crippen LogP contribution in [0.1, 0.15) is 11.3 Å². The van der Waals surface area contributed by atoms with Gasteiger partial charge in [0.15, 0.2) is 0 Å². The quantitative estimate of drug-likeness (QED) is 0.469. The molecule has 1 aromatic carbocycles. The number of nitrogens with zero attached hydrogens (tertiary/aromatic N) is 2. The Morgan fingerprint density at radius 3 is 2.58 bits per heavy atom. The molecule has 1 amide bonds. The molecule has 0 spiro atoms. The average molecular weight is 388 g/mol. The maximum atomic E-state index is 12.0. The predicted octanol–water partition coefficient (Wildman–Crippen LogP) is 2.72. The summed E-state index contributed by atoms with van der Waals surface area (Å²) in [5, 5.41) is 18.9. The van der Waals surface area contributed by atoms with E-state index in [0.717, 1.165) is 19.1 Å². The van der Waals surface area contributed by atoms with Crippen LogP contribution in [0.25, 0.3) is 6.08 Å². The van der Waals surface area contributed by atoms with Gasteiger partial charge in [-0.1, -0.05) is 36.4 Å². The number of carbonyl (C=O) groups excluding carboxylic acids is 1. The second-order valence-corrected chi connectivity index (χ2v) is 5.36. The number of carbonyl (C=O) groups is 1. The minimum Gasteiger partial charge on any atom is -0.400 e. The SMILES string of the molecule is CO.N#C/C(=C\c1cccc(Br)n1)C(=O)NCCc1ccccc1. The number of rotatable bonds is 5. The fourth-order valence-corrected chi connectivity index (χ4v) is 2.22. The second-order valence-electron chi connectivity index (χ2n) is 4.55. The lowest BCUT2D eigenvalue weighted by Gasteiger charge is -2.04. The molecule has 0 bridgehead atoms. The molecule has 0 atom stereocenters. The van der Waals surface area contributed by atoms with Crippen molar-refractivity contribution in [2.45, 2.75) is 6.42 Å². The van der Waals surface area contributed by atoms with Gasteiger partial charge in [0, 0.05) is 13.7 Å². The van der Waals surface area contributed by atoms with E-state index in [2.05, 4.69) is 26.2 Å². The fourth-order valence-electron chi connectivity index (χ4n) is 1.86. The molecule has 2 N–H and O–H groups in total. The van der Waals surface area contributed by atoms with Crippen LogP contribution in [0.4, 0.5) is 0 Å². The van der Waals surface area contributed by atoms with Gasteiger partial charge in [0.1, 0.15) is 16.2 Å². The zero-order chi connectivity index (χ0) is 17.8. The molecule has 0 saturated carbocycles. The van der Waals surface area contributed by atoms with Gasteiger partial charge in [0.2, 0.25) is 0 Å². The van der Waals surface area contributed by atoms with E-state index < -0.39 is 0 Å². The van der Waals surface area contributed by atoms with E-state index in [4.69, 9.17) is 10.4 Å². The van der Waals surface area contributed by atoms with Crippen LogP contribution < -0.4 is 5.32 Å². The second kappa shape index (κ2) is 11.1. The number of halogens is 1. The molecule has 0 fully saturated rings. The zero-order valence-electron chi connectivity index (χ0n) is 13.2. The topological polar surface area (TPSA) is 86.0 Å². The molecular formula is C18H18BrN3O2. The molecular weight excluding hydrogens is 370 g/mol. The third-order valence-corrected chi connectivity index (χ3v) is 3.38. The number of pyridine rings is 1. The molecule has 0 unspecified atom stereocenters. The van der Waals surface area contributed by atoms with Gasteiger partial charge in [-0.25, -0.2) is 4.98 Å². The van der Waals surface area contributed by atoms with Gasteiger partial charge >= 0.3 is 0 Å². The van der Waals surface area contributed by atoms with Crippen molar-refractivity contribution in [2.75, 3.05) is 13.7 Å². The first kappa shape index (κ1) is 19.6. The van der Waals surface area contributed by atoms with E-state index in [1.807, 2.05) is 36.4 Å².